The molecule has 32 heavy (non-hydrogen) atoms. The second-order valence-corrected chi connectivity index (χ2v) is 9.46. The Morgan fingerprint density at radius 1 is 0.750 bits per heavy atom. The molecule has 1 heterocycles. The molecule has 0 radical (unpaired) electrons. The van der Waals surface area contributed by atoms with Crippen LogP contribution in [-0.2, 0) is 0 Å². The molecule has 168 valence electrons. The first-order chi connectivity index (χ1) is 15.8. The van der Waals surface area contributed by atoms with Gasteiger partial charge in [0.2, 0.25) is 0 Å². The second-order valence-electron chi connectivity index (χ2n) is 8.32. The Hall–Kier alpha value is -2.43. The van der Waals surface area contributed by atoms with Gasteiger partial charge in [0.25, 0.3) is 0 Å². The molecule has 0 unspecified atom stereocenters. The van der Waals surface area contributed by atoms with Crippen LogP contribution < -0.4 is 9.80 Å². The lowest BCUT2D eigenvalue weighted by atomic mass is 10.2. The number of thioether (sulfide) groups is 1. The number of para-hydroxylation sites is 3. The number of hydrogen-bond acceptors (Lipinski definition) is 4. The van der Waals surface area contributed by atoms with Crippen molar-refractivity contribution in [2.75, 3.05) is 54.8 Å². The Bertz CT molecular complexity index is 884. The quantitative estimate of drug-likeness (QED) is 0.328. The van der Waals surface area contributed by atoms with E-state index in [1.54, 1.807) is 0 Å². The van der Waals surface area contributed by atoms with Crippen LogP contribution in [0.5, 0.6) is 0 Å². The van der Waals surface area contributed by atoms with E-state index in [1.807, 2.05) is 11.8 Å². The van der Waals surface area contributed by atoms with E-state index in [0.29, 0.717) is 0 Å². The fourth-order valence-corrected chi connectivity index (χ4v) is 5.28. The zero-order chi connectivity index (χ0) is 22.0. The maximum absolute atomic E-state index is 2.63. The average molecular weight is 446 g/mol. The molecule has 4 rings (SSSR count). The summed E-state index contributed by atoms with van der Waals surface area (Å²) < 4.78 is 0. The van der Waals surface area contributed by atoms with Gasteiger partial charge in [0, 0.05) is 49.0 Å². The molecule has 0 aromatic heterocycles. The molecular formula is C28H35N3S. The van der Waals surface area contributed by atoms with Gasteiger partial charge in [-0.3, -0.25) is 4.90 Å². The van der Waals surface area contributed by atoms with Crippen molar-refractivity contribution < 1.29 is 0 Å². The van der Waals surface area contributed by atoms with Gasteiger partial charge in [-0.15, -0.1) is 11.8 Å². The maximum Gasteiger partial charge on any atom is 0.0505 e. The first kappa shape index (κ1) is 22.8. The van der Waals surface area contributed by atoms with E-state index in [4.69, 9.17) is 0 Å². The topological polar surface area (TPSA) is 9.72 Å². The van der Waals surface area contributed by atoms with Gasteiger partial charge in [-0.1, -0.05) is 55.5 Å². The summed E-state index contributed by atoms with van der Waals surface area (Å²) in [6.45, 7) is 8.95. The van der Waals surface area contributed by atoms with Crippen LogP contribution in [0.4, 0.5) is 17.1 Å². The summed E-state index contributed by atoms with van der Waals surface area (Å²) >= 11 is 1.99. The molecule has 3 nitrogen and oxygen atoms in total. The van der Waals surface area contributed by atoms with Crippen LogP contribution in [0.2, 0.25) is 0 Å². The van der Waals surface area contributed by atoms with Crippen LogP contribution in [0.25, 0.3) is 0 Å². The van der Waals surface area contributed by atoms with Gasteiger partial charge in [-0.05, 0) is 61.5 Å². The van der Waals surface area contributed by atoms with Gasteiger partial charge in [-0.2, -0.15) is 0 Å². The van der Waals surface area contributed by atoms with Crippen molar-refractivity contribution in [3.63, 3.8) is 0 Å². The molecule has 3 aromatic rings. The molecule has 4 heteroatoms. The molecule has 1 fully saturated rings. The number of hydrogen-bond donors (Lipinski definition) is 0. The van der Waals surface area contributed by atoms with E-state index in [1.165, 1.54) is 34.1 Å². The minimum atomic E-state index is 1.03. The molecule has 0 N–H and O–H groups in total. The zero-order valence-electron chi connectivity index (χ0n) is 19.2. The highest BCUT2D eigenvalue weighted by Gasteiger charge is 2.19. The van der Waals surface area contributed by atoms with Crippen LogP contribution >= 0.6 is 11.8 Å². The monoisotopic (exact) mass is 445 g/mol. The minimum absolute atomic E-state index is 1.03. The lowest BCUT2D eigenvalue weighted by molar-refractivity contribution is 0.256. The summed E-state index contributed by atoms with van der Waals surface area (Å²) in [5.74, 6) is 1.19. The number of rotatable bonds is 10. The molecule has 0 amide bonds. The van der Waals surface area contributed by atoms with Crippen molar-refractivity contribution in [1.82, 2.24) is 4.90 Å². The van der Waals surface area contributed by atoms with Crippen molar-refractivity contribution >= 4 is 28.8 Å². The van der Waals surface area contributed by atoms with Gasteiger partial charge in [0.15, 0.2) is 0 Å². The number of nitrogens with zero attached hydrogens (tertiary/aromatic N) is 3. The molecule has 0 spiro atoms. The second kappa shape index (κ2) is 12.0. The van der Waals surface area contributed by atoms with Crippen molar-refractivity contribution in [3.05, 3.63) is 84.9 Å². The van der Waals surface area contributed by atoms with E-state index >= 15 is 0 Å². The van der Waals surface area contributed by atoms with Crippen LogP contribution in [0, 0.1) is 0 Å². The Labute approximate surface area is 198 Å². The summed E-state index contributed by atoms with van der Waals surface area (Å²) in [5, 5.41) is 0. The normalized spacial score (nSPS) is 14.5. The Morgan fingerprint density at radius 3 is 1.97 bits per heavy atom. The SMILES string of the molecule is CCCSc1ccccc1N1CCN(CCCN(c2ccccc2)c2ccccc2)CC1. The highest BCUT2D eigenvalue weighted by atomic mass is 32.2. The molecular weight excluding hydrogens is 410 g/mol. The van der Waals surface area contributed by atoms with E-state index in [-0.39, 0.29) is 0 Å². The molecule has 1 aliphatic rings. The predicted molar refractivity (Wildman–Crippen MR) is 141 cm³/mol. The van der Waals surface area contributed by atoms with E-state index in [2.05, 4.69) is 107 Å². The third kappa shape index (κ3) is 6.08. The smallest absolute Gasteiger partial charge is 0.0505 e. The summed E-state index contributed by atoms with van der Waals surface area (Å²) in [4.78, 5) is 9.09. The first-order valence-corrected chi connectivity index (χ1v) is 12.9. The first-order valence-electron chi connectivity index (χ1n) is 11.9. The molecule has 3 aromatic carbocycles. The third-order valence-electron chi connectivity index (χ3n) is 6.03. The molecule has 0 atom stereocenters. The summed E-state index contributed by atoms with van der Waals surface area (Å²) in [5.41, 5.74) is 3.96. The molecule has 1 saturated heterocycles. The fraction of sp³-hybridized carbons (Fsp3) is 0.357. The lowest BCUT2D eigenvalue weighted by Crippen LogP contribution is -2.47. The molecule has 0 aliphatic carbocycles. The molecule has 0 saturated carbocycles. The van der Waals surface area contributed by atoms with E-state index in [0.717, 1.165) is 45.7 Å². The van der Waals surface area contributed by atoms with E-state index < -0.39 is 0 Å². The Morgan fingerprint density at radius 2 is 1.34 bits per heavy atom. The van der Waals surface area contributed by atoms with Gasteiger partial charge in [0.05, 0.1) is 5.69 Å². The molecule has 0 bridgehead atoms. The van der Waals surface area contributed by atoms with Crippen LogP contribution in [0.15, 0.2) is 89.8 Å². The van der Waals surface area contributed by atoms with Gasteiger partial charge >= 0.3 is 0 Å². The predicted octanol–water partition coefficient (Wildman–Crippen LogP) is 6.54. The highest BCUT2D eigenvalue weighted by molar-refractivity contribution is 7.99. The maximum atomic E-state index is 2.63. The van der Waals surface area contributed by atoms with Crippen molar-refractivity contribution in [2.24, 2.45) is 0 Å². The Balaban J connectivity index is 1.30. The summed E-state index contributed by atoms with van der Waals surface area (Å²) in [6, 6.07) is 30.4. The number of piperazine rings is 1. The van der Waals surface area contributed by atoms with Crippen molar-refractivity contribution in [3.8, 4) is 0 Å². The van der Waals surface area contributed by atoms with Crippen molar-refractivity contribution in [2.45, 2.75) is 24.7 Å². The van der Waals surface area contributed by atoms with Crippen LogP contribution in [-0.4, -0.2) is 49.9 Å². The Kier molecular flexibility index (Phi) is 8.52. The number of anilines is 3. The average Bonchev–Trinajstić information content (AvgIpc) is 2.87. The number of benzene rings is 3. The molecule has 1 aliphatic heterocycles. The summed E-state index contributed by atoms with van der Waals surface area (Å²) in [6.07, 6.45) is 2.38. The van der Waals surface area contributed by atoms with Gasteiger partial charge < -0.3 is 9.80 Å². The van der Waals surface area contributed by atoms with Crippen LogP contribution in [0.1, 0.15) is 19.8 Å². The standard InChI is InChI=1S/C28H35N3S/c1-2-24-32-28-17-10-9-16-27(28)30-22-20-29(21-23-30)18-11-19-31(25-12-5-3-6-13-25)26-14-7-4-8-15-26/h3-10,12-17H,2,11,18-24H2,1H3. The van der Waals surface area contributed by atoms with Gasteiger partial charge in [-0.25, -0.2) is 0 Å². The summed E-state index contributed by atoms with van der Waals surface area (Å²) in [7, 11) is 0. The van der Waals surface area contributed by atoms with Crippen molar-refractivity contribution in [1.29, 1.82) is 0 Å². The minimum Gasteiger partial charge on any atom is -0.368 e. The zero-order valence-corrected chi connectivity index (χ0v) is 20.0. The van der Waals surface area contributed by atoms with Gasteiger partial charge in [0.1, 0.15) is 0 Å². The van der Waals surface area contributed by atoms with Crippen LogP contribution in [0.3, 0.4) is 0 Å². The highest BCUT2D eigenvalue weighted by Crippen LogP contribution is 2.31. The largest absolute Gasteiger partial charge is 0.368 e. The fourth-order valence-electron chi connectivity index (χ4n) is 4.34. The van der Waals surface area contributed by atoms with E-state index in [9.17, 15) is 0 Å². The lowest BCUT2D eigenvalue weighted by Gasteiger charge is -2.37. The third-order valence-corrected chi connectivity index (χ3v) is 7.30.